The summed E-state index contributed by atoms with van der Waals surface area (Å²) in [6, 6.07) is 0.553. The van der Waals surface area contributed by atoms with Crippen LogP contribution in [0.1, 0.15) is 6.42 Å². The number of likely N-dealkylation sites (N-methyl/N-ethyl adjacent to an activating group) is 1. The molecule has 6 heteroatoms. The molecule has 2 aliphatic heterocycles. The van der Waals surface area contributed by atoms with E-state index in [-0.39, 0.29) is 18.3 Å². The van der Waals surface area contributed by atoms with E-state index in [1.54, 1.807) is 0 Å². The van der Waals surface area contributed by atoms with Crippen molar-refractivity contribution in [1.29, 1.82) is 0 Å². The second-order valence-electron chi connectivity index (χ2n) is 4.50. The maximum absolute atomic E-state index is 12.0. The number of carbonyl (C=O) groups is 1. The van der Waals surface area contributed by atoms with Crippen molar-refractivity contribution in [2.24, 2.45) is 0 Å². The quantitative estimate of drug-likeness (QED) is 0.750. The Hall–Kier alpha value is -0.360. The average molecular weight is 264 g/mol. The first-order valence-corrected chi connectivity index (χ1v) is 6.04. The fraction of sp³-hybridized carbons (Fsp3) is 0.909. The summed E-state index contributed by atoms with van der Waals surface area (Å²) < 4.78 is 5.24. The van der Waals surface area contributed by atoms with Crippen LogP contribution in [0.2, 0.25) is 0 Å². The smallest absolute Gasteiger partial charge is 0.236 e. The van der Waals surface area contributed by atoms with Gasteiger partial charge in [-0.1, -0.05) is 0 Å². The standard InChI is InChI=1S/C11H21N3O2.ClH/c1-12-10-2-3-13(8-10)9-11(15)14-4-6-16-7-5-14;/h10,12H,2-9H2,1H3;1H. The molecule has 2 fully saturated rings. The Morgan fingerprint density at radius 3 is 2.65 bits per heavy atom. The van der Waals surface area contributed by atoms with Gasteiger partial charge < -0.3 is 15.0 Å². The number of hydrogen-bond acceptors (Lipinski definition) is 4. The minimum Gasteiger partial charge on any atom is -0.378 e. The number of rotatable bonds is 3. The third-order valence-corrected chi connectivity index (χ3v) is 3.40. The van der Waals surface area contributed by atoms with E-state index in [4.69, 9.17) is 4.74 Å². The zero-order valence-electron chi connectivity index (χ0n) is 10.4. The molecule has 1 amide bonds. The molecule has 17 heavy (non-hydrogen) atoms. The summed E-state index contributed by atoms with van der Waals surface area (Å²) in [4.78, 5) is 16.1. The number of likely N-dealkylation sites (tertiary alicyclic amines) is 1. The molecule has 1 N–H and O–H groups in total. The number of amides is 1. The predicted octanol–water partition coefficient (Wildman–Crippen LogP) is -0.439. The topological polar surface area (TPSA) is 44.8 Å². The van der Waals surface area contributed by atoms with Crippen molar-refractivity contribution in [2.45, 2.75) is 12.5 Å². The van der Waals surface area contributed by atoms with Crippen LogP contribution in [0.4, 0.5) is 0 Å². The summed E-state index contributed by atoms with van der Waals surface area (Å²) in [5.74, 6) is 0.250. The molecule has 0 aliphatic carbocycles. The van der Waals surface area contributed by atoms with Crippen molar-refractivity contribution in [3.8, 4) is 0 Å². The lowest BCUT2D eigenvalue weighted by atomic mass is 10.3. The average Bonchev–Trinajstić information content (AvgIpc) is 2.78. The van der Waals surface area contributed by atoms with Crippen LogP contribution in [0.5, 0.6) is 0 Å². The maximum atomic E-state index is 12.0. The number of nitrogens with one attached hydrogen (secondary N) is 1. The Morgan fingerprint density at radius 1 is 1.35 bits per heavy atom. The van der Waals surface area contributed by atoms with E-state index in [9.17, 15) is 4.79 Å². The third kappa shape index (κ3) is 4.10. The van der Waals surface area contributed by atoms with Crippen LogP contribution < -0.4 is 5.32 Å². The molecule has 1 atom stereocenters. The molecular formula is C11H22ClN3O2. The molecule has 0 bridgehead atoms. The van der Waals surface area contributed by atoms with Crippen molar-refractivity contribution in [3.63, 3.8) is 0 Å². The van der Waals surface area contributed by atoms with Gasteiger partial charge in [0, 0.05) is 32.2 Å². The van der Waals surface area contributed by atoms with Gasteiger partial charge in [-0.25, -0.2) is 0 Å². The molecule has 0 aromatic rings. The fourth-order valence-corrected chi connectivity index (χ4v) is 2.32. The summed E-state index contributed by atoms with van der Waals surface area (Å²) in [6.07, 6.45) is 1.15. The molecule has 0 spiro atoms. The zero-order chi connectivity index (χ0) is 11.4. The van der Waals surface area contributed by atoms with E-state index in [0.29, 0.717) is 25.8 Å². The second-order valence-corrected chi connectivity index (χ2v) is 4.50. The Bertz CT molecular complexity index is 247. The number of morpholine rings is 1. The molecular weight excluding hydrogens is 242 g/mol. The molecule has 100 valence electrons. The highest BCUT2D eigenvalue weighted by molar-refractivity contribution is 5.85. The number of nitrogens with zero attached hydrogens (tertiary/aromatic N) is 2. The minimum absolute atomic E-state index is 0. The Morgan fingerprint density at radius 2 is 2.06 bits per heavy atom. The van der Waals surface area contributed by atoms with Gasteiger partial charge >= 0.3 is 0 Å². The largest absolute Gasteiger partial charge is 0.378 e. The van der Waals surface area contributed by atoms with Crippen LogP contribution in [-0.4, -0.2) is 74.7 Å². The fourth-order valence-electron chi connectivity index (χ4n) is 2.32. The molecule has 0 radical (unpaired) electrons. The minimum atomic E-state index is 0. The first kappa shape index (κ1) is 14.7. The lowest BCUT2D eigenvalue weighted by Crippen LogP contribution is -2.45. The van der Waals surface area contributed by atoms with Gasteiger partial charge in [-0.2, -0.15) is 0 Å². The van der Waals surface area contributed by atoms with Crippen LogP contribution in [-0.2, 0) is 9.53 Å². The van der Waals surface area contributed by atoms with Crippen molar-refractivity contribution in [2.75, 3.05) is 53.0 Å². The first-order valence-electron chi connectivity index (χ1n) is 6.04. The molecule has 5 nitrogen and oxygen atoms in total. The summed E-state index contributed by atoms with van der Waals surface area (Å²) >= 11 is 0. The summed E-state index contributed by atoms with van der Waals surface area (Å²) in [6.45, 7) is 5.46. The predicted molar refractivity (Wildman–Crippen MR) is 68.6 cm³/mol. The van der Waals surface area contributed by atoms with E-state index in [0.717, 1.165) is 32.6 Å². The van der Waals surface area contributed by atoms with E-state index in [1.165, 1.54) is 0 Å². The Labute approximate surface area is 109 Å². The SMILES string of the molecule is CNC1CCN(CC(=O)N2CCOCC2)C1.Cl. The molecule has 0 aromatic heterocycles. The molecule has 2 aliphatic rings. The van der Waals surface area contributed by atoms with Gasteiger partial charge in [-0.05, 0) is 13.5 Å². The van der Waals surface area contributed by atoms with E-state index >= 15 is 0 Å². The van der Waals surface area contributed by atoms with Crippen LogP contribution >= 0.6 is 12.4 Å². The highest BCUT2D eigenvalue weighted by atomic mass is 35.5. The Balaban J connectivity index is 0.00000144. The highest BCUT2D eigenvalue weighted by Crippen LogP contribution is 2.09. The van der Waals surface area contributed by atoms with E-state index in [2.05, 4.69) is 10.2 Å². The van der Waals surface area contributed by atoms with E-state index < -0.39 is 0 Å². The third-order valence-electron chi connectivity index (χ3n) is 3.40. The van der Waals surface area contributed by atoms with Gasteiger partial charge in [0.1, 0.15) is 0 Å². The lowest BCUT2D eigenvalue weighted by Gasteiger charge is -2.28. The van der Waals surface area contributed by atoms with Crippen molar-refractivity contribution in [3.05, 3.63) is 0 Å². The van der Waals surface area contributed by atoms with Crippen LogP contribution in [0.3, 0.4) is 0 Å². The molecule has 1 unspecified atom stereocenters. The molecule has 2 saturated heterocycles. The Kier molecular flexibility index (Phi) is 6.19. The molecule has 2 rings (SSSR count). The normalized spacial score (nSPS) is 25.7. The van der Waals surface area contributed by atoms with E-state index in [1.807, 2.05) is 11.9 Å². The van der Waals surface area contributed by atoms with Gasteiger partial charge in [0.05, 0.1) is 19.8 Å². The summed E-state index contributed by atoms with van der Waals surface area (Å²) in [5.41, 5.74) is 0. The van der Waals surface area contributed by atoms with Crippen molar-refractivity contribution < 1.29 is 9.53 Å². The first-order chi connectivity index (χ1) is 7.79. The number of halogens is 1. The lowest BCUT2D eigenvalue weighted by molar-refractivity contribution is -0.136. The highest BCUT2D eigenvalue weighted by Gasteiger charge is 2.25. The van der Waals surface area contributed by atoms with Gasteiger partial charge in [-0.3, -0.25) is 9.69 Å². The summed E-state index contributed by atoms with van der Waals surface area (Å²) in [5, 5.41) is 3.26. The van der Waals surface area contributed by atoms with Gasteiger partial charge in [0.25, 0.3) is 0 Å². The number of carbonyl (C=O) groups excluding carboxylic acids is 1. The second kappa shape index (κ2) is 7.16. The van der Waals surface area contributed by atoms with Gasteiger partial charge in [0.2, 0.25) is 5.91 Å². The monoisotopic (exact) mass is 263 g/mol. The molecule has 0 aromatic carbocycles. The van der Waals surface area contributed by atoms with Crippen LogP contribution in [0, 0.1) is 0 Å². The number of ether oxygens (including phenoxy) is 1. The molecule has 0 saturated carbocycles. The van der Waals surface area contributed by atoms with Gasteiger partial charge in [0.15, 0.2) is 0 Å². The van der Waals surface area contributed by atoms with Crippen molar-refractivity contribution in [1.82, 2.24) is 15.1 Å². The number of hydrogen-bond donors (Lipinski definition) is 1. The van der Waals surface area contributed by atoms with Gasteiger partial charge in [-0.15, -0.1) is 12.4 Å². The zero-order valence-corrected chi connectivity index (χ0v) is 11.2. The molecule has 2 heterocycles. The summed E-state index contributed by atoms with van der Waals surface area (Å²) in [7, 11) is 1.98. The van der Waals surface area contributed by atoms with Crippen molar-refractivity contribution >= 4 is 18.3 Å². The van der Waals surface area contributed by atoms with Crippen LogP contribution in [0.15, 0.2) is 0 Å². The van der Waals surface area contributed by atoms with Crippen LogP contribution in [0.25, 0.3) is 0 Å². The maximum Gasteiger partial charge on any atom is 0.236 e.